The van der Waals surface area contributed by atoms with E-state index >= 15 is 0 Å². The first-order chi connectivity index (χ1) is 9.49. The first-order valence-corrected chi connectivity index (χ1v) is 7.27. The summed E-state index contributed by atoms with van der Waals surface area (Å²) in [5, 5.41) is 13.2. The average molecular weight is 318 g/mol. The fourth-order valence-corrected chi connectivity index (χ4v) is 2.22. The highest BCUT2D eigenvalue weighted by molar-refractivity contribution is 6.42. The number of carbonyl (C=O) groups excluding carboxylic acids is 1. The summed E-state index contributed by atoms with van der Waals surface area (Å²) >= 11 is 11.8. The minimum Gasteiger partial charge on any atom is -0.489 e. The predicted octanol–water partition coefficient (Wildman–Crippen LogP) is 2.51. The van der Waals surface area contributed by atoms with Crippen molar-refractivity contribution in [2.24, 2.45) is 11.8 Å². The van der Waals surface area contributed by atoms with Crippen molar-refractivity contribution in [3.63, 3.8) is 0 Å². The van der Waals surface area contributed by atoms with Crippen LogP contribution in [0.5, 0.6) is 5.75 Å². The Kier molecular flexibility index (Phi) is 5.13. The van der Waals surface area contributed by atoms with Gasteiger partial charge in [0.25, 0.3) is 0 Å². The lowest BCUT2D eigenvalue weighted by molar-refractivity contribution is -0.123. The molecule has 0 heterocycles. The summed E-state index contributed by atoms with van der Waals surface area (Å²) in [5.74, 6) is 0.969. The zero-order valence-corrected chi connectivity index (χ0v) is 12.6. The molecule has 1 amide bonds. The molecule has 1 aromatic carbocycles. The third kappa shape index (κ3) is 4.01. The van der Waals surface area contributed by atoms with Gasteiger partial charge in [0.15, 0.2) is 0 Å². The van der Waals surface area contributed by atoms with Crippen molar-refractivity contribution in [1.82, 2.24) is 5.32 Å². The fourth-order valence-electron chi connectivity index (χ4n) is 1.88. The summed E-state index contributed by atoms with van der Waals surface area (Å²) in [7, 11) is 0. The van der Waals surface area contributed by atoms with Gasteiger partial charge in [0.05, 0.1) is 5.02 Å². The molecule has 1 saturated carbocycles. The van der Waals surface area contributed by atoms with Gasteiger partial charge in [0, 0.05) is 12.5 Å². The number of aliphatic hydroxyl groups excluding tert-OH is 1. The zero-order chi connectivity index (χ0) is 14.7. The second-order valence-electron chi connectivity index (χ2n) is 5.08. The quantitative estimate of drug-likeness (QED) is 0.847. The van der Waals surface area contributed by atoms with Gasteiger partial charge in [-0.3, -0.25) is 4.79 Å². The van der Waals surface area contributed by atoms with Crippen molar-refractivity contribution < 1.29 is 14.6 Å². The van der Waals surface area contributed by atoms with Gasteiger partial charge in [-0.25, -0.2) is 0 Å². The maximum atomic E-state index is 11.6. The second-order valence-corrected chi connectivity index (χ2v) is 5.87. The first-order valence-electron chi connectivity index (χ1n) is 6.51. The number of aliphatic hydroxyl groups is 1. The van der Waals surface area contributed by atoms with Crippen LogP contribution in [0.15, 0.2) is 18.2 Å². The van der Waals surface area contributed by atoms with Crippen LogP contribution in [-0.4, -0.2) is 30.3 Å². The van der Waals surface area contributed by atoms with Crippen LogP contribution in [-0.2, 0) is 4.79 Å². The maximum Gasteiger partial charge on any atom is 0.223 e. The summed E-state index contributed by atoms with van der Waals surface area (Å²) in [5.41, 5.74) is 0. The standard InChI is InChI=1S/C14H17Cl2NO3/c1-8-5-10(8)14(19)17-6-9(18)7-20-12-4-2-3-11(15)13(12)16/h2-4,8-10,18H,5-7H2,1H3,(H,17,19)/t8-,9-,10+/m1/s1. The van der Waals surface area contributed by atoms with Gasteiger partial charge in [-0.2, -0.15) is 0 Å². The smallest absolute Gasteiger partial charge is 0.223 e. The Balaban J connectivity index is 1.73. The number of hydrogen-bond donors (Lipinski definition) is 2. The highest BCUT2D eigenvalue weighted by atomic mass is 35.5. The van der Waals surface area contributed by atoms with Crippen molar-refractivity contribution in [1.29, 1.82) is 0 Å². The molecule has 110 valence electrons. The molecule has 0 aliphatic heterocycles. The van der Waals surface area contributed by atoms with E-state index in [1.54, 1.807) is 18.2 Å². The van der Waals surface area contributed by atoms with E-state index in [0.717, 1.165) is 6.42 Å². The summed E-state index contributed by atoms with van der Waals surface area (Å²) in [6, 6.07) is 5.04. The Morgan fingerprint density at radius 1 is 1.55 bits per heavy atom. The Labute approximate surface area is 128 Å². The predicted molar refractivity (Wildman–Crippen MR) is 78.2 cm³/mol. The Hall–Kier alpha value is -0.970. The molecule has 1 fully saturated rings. The highest BCUT2D eigenvalue weighted by Crippen LogP contribution is 2.37. The van der Waals surface area contributed by atoms with Gasteiger partial charge in [0.2, 0.25) is 5.91 Å². The topological polar surface area (TPSA) is 58.6 Å². The number of nitrogens with one attached hydrogen (secondary N) is 1. The van der Waals surface area contributed by atoms with Gasteiger partial charge >= 0.3 is 0 Å². The average Bonchev–Trinajstić information content (AvgIpc) is 3.15. The molecular weight excluding hydrogens is 301 g/mol. The molecule has 2 N–H and O–H groups in total. The van der Waals surface area contributed by atoms with Crippen LogP contribution in [0.3, 0.4) is 0 Å². The van der Waals surface area contributed by atoms with E-state index in [1.165, 1.54) is 0 Å². The molecule has 0 aromatic heterocycles. The summed E-state index contributed by atoms with van der Waals surface area (Å²) in [4.78, 5) is 11.6. The minimum absolute atomic E-state index is 0.00246. The second kappa shape index (κ2) is 6.66. The molecule has 4 nitrogen and oxygen atoms in total. The first kappa shape index (κ1) is 15.4. The molecule has 0 bridgehead atoms. The van der Waals surface area contributed by atoms with Crippen molar-refractivity contribution in [3.05, 3.63) is 28.2 Å². The molecule has 0 saturated heterocycles. The van der Waals surface area contributed by atoms with Crippen molar-refractivity contribution >= 4 is 29.1 Å². The Morgan fingerprint density at radius 2 is 2.25 bits per heavy atom. The third-order valence-corrected chi connectivity index (χ3v) is 4.11. The zero-order valence-electron chi connectivity index (χ0n) is 11.1. The minimum atomic E-state index is -0.789. The number of hydrogen-bond acceptors (Lipinski definition) is 3. The molecule has 0 spiro atoms. The van der Waals surface area contributed by atoms with Crippen LogP contribution in [0.4, 0.5) is 0 Å². The normalized spacial score (nSPS) is 22.2. The third-order valence-electron chi connectivity index (χ3n) is 3.31. The number of carbonyl (C=O) groups is 1. The number of rotatable bonds is 6. The van der Waals surface area contributed by atoms with E-state index in [0.29, 0.717) is 21.7 Å². The number of ether oxygens (including phenoxy) is 1. The summed E-state index contributed by atoms with van der Waals surface area (Å²) in [6.07, 6.45) is 0.138. The molecule has 6 heteroatoms. The van der Waals surface area contributed by atoms with Gasteiger partial charge in [-0.15, -0.1) is 0 Å². The van der Waals surface area contributed by atoms with Crippen molar-refractivity contribution in [2.75, 3.05) is 13.2 Å². The monoisotopic (exact) mass is 317 g/mol. The lowest BCUT2D eigenvalue weighted by atomic mass is 10.3. The molecule has 0 radical (unpaired) electrons. The fraction of sp³-hybridized carbons (Fsp3) is 0.500. The Morgan fingerprint density at radius 3 is 2.90 bits per heavy atom. The van der Waals surface area contributed by atoms with E-state index in [2.05, 4.69) is 5.32 Å². The van der Waals surface area contributed by atoms with Gasteiger partial charge < -0.3 is 15.2 Å². The van der Waals surface area contributed by atoms with E-state index in [-0.39, 0.29) is 25.0 Å². The molecule has 20 heavy (non-hydrogen) atoms. The van der Waals surface area contributed by atoms with Crippen LogP contribution in [0.2, 0.25) is 10.0 Å². The summed E-state index contributed by atoms with van der Waals surface area (Å²) < 4.78 is 5.39. The van der Waals surface area contributed by atoms with Gasteiger partial charge in [0.1, 0.15) is 23.5 Å². The Bertz CT molecular complexity index is 495. The van der Waals surface area contributed by atoms with Crippen LogP contribution >= 0.6 is 23.2 Å². The molecule has 1 aliphatic carbocycles. The molecule has 1 aliphatic rings. The summed E-state index contributed by atoms with van der Waals surface area (Å²) in [6.45, 7) is 2.24. The van der Waals surface area contributed by atoms with E-state index in [9.17, 15) is 9.90 Å². The van der Waals surface area contributed by atoms with Gasteiger partial charge in [-0.1, -0.05) is 36.2 Å². The lowest BCUT2D eigenvalue weighted by Gasteiger charge is -2.14. The number of halogens is 2. The van der Waals surface area contributed by atoms with Crippen LogP contribution in [0.1, 0.15) is 13.3 Å². The number of benzene rings is 1. The van der Waals surface area contributed by atoms with Crippen LogP contribution < -0.4 is 10.1 Å². The van der Waals surface area contributed by atoms with E-state index in [1.807, 2.05) is 6.92 Å². The SMILES string of the molecule is C[C@@H]1C[C@@H]1C(=O)NC[C@@H](O)COc1cccc(Cl)c1Cl. The van der Waals surface area contributed by atoms with Crippen molar-refractivity contribution in [2.45, 2.75) is 19.4 Å². The van der Waals surface area contributed by atoms with Crippen molar-refractivity contribution in [3.8, 4) is 5.75 Å². The largest absolute Gasteiger partial charge is 0.489 e. The number of amides is 1. The molecule has 3 atom stereocenters. The molecule has 0 unspecified atom stereocenters. The maximum absolute atomic E-state index is 11.6. The molecule has 2 rings (SSSR count). The van der Waals surface area contributed by atoms with Crippen LogP contribution in [0, 0.1) is 11.8 Å². The molecular formula is C14H17Cl2NO3. The van der Waals surface area contributed by atoms with E-state index < -0.39 is 6.10 Å². The van der Waals surface area contributed by atoms with Gasteiger partial charge in [-0.05, 0) is 24.5 Å². The lowest BCUT2D eigenvalue weighted by Crippen LogP contribution is -2.36. The highest BCUT2D eigenvalue weighted by Gasteiger charge is 2.38. The van der Waals surface area contributed by atoms with Crippen LogP contribution in [0.25, 0.3) is 0 Å². The molecule has 1 aromatic rings. The van der Waals surface area contributed by atoms with E-state index in [4.69, 9.17) is 27.9 Å².